The molecule has 0 aliphatic heterocycles. The van der Waals surface area contributed by atoms with E-state index >= 15 is 0 Å². The Balaban J connectivity index is 2.50. The van der Waals surface area contributed by atoms with E-state index in [-0.39, 0.29) is 18.3 Å². The molecule has 0 saturated carbocycles. The van der Waals surface area contributed by atoms with Crippen LogP contribution in [0.1, 0.15) is 30.1 Å². The molecule has 0 unspecified atom stereocenters. The predicted molar refractivity (Wildman–Crippen MR) is 87.4 cm³/mol. The monoisotopic (exact) mass is 429 g/mol. The van der Waals surface area contributed by atoms with Crippen LogP contribution in [0.4, 0.5) is 0 Å². The number of benzene rings is 1. The highest BCUT2D eigenvalue weighted by Gasteiger charge is 2.13. The van der Waals surface area contributed by atoms with Gasteiger partial charge in [-0.1, -0.05) is 23.2 Å². The molecule has 0 aliphatic rings. The van der Waals surface area contributed by atoms with Gasteiger partial charge < -0.3 is 10.1 Å². The van der Waals surface area contributed by atoms with E-state index in [1.807, 2.05) is 22.6 Å². The summed E-state index contributed by atoms with van der Waals surface area (Å²) in [6, 6.07) is 3.15. The lowest BCUT2D eigenvalue weighted by Crippen LogP contribution is -2.26. The van der Waals surface area contributed by atoms with Gasteiger partial charge in [0.25, 0.3) is 5.91 Å². The lowest BCUT2D eigenvalue weighted by Gasteiger charge is -2.08. The van der Waals surface area contributed by atoms with Crippen molar-refractivity contribution < 1.29 is 14.3 Å². The summed E-state index contributed by atoms with van der Waals surface area (Å²) in [5.41, 5.74) is 0.430. The molecule has 0 spiro atoms. The first kappa shape index (κ1) is 17.5. The van der Waals surface area contributed by atoms with Crippen molar-refractivity contribution in [2.75, 3.05) is 13.2 Å². The maximum atomic E-state index is 12.0. The Morgan fingerprint density at radius 2 is 2.05 bits per heavy atom. The van der Waals surface area contributed by atoms with Crippen LogP contribution in [0, 0.1) is 3.57 Å². The molecule has 1 aromatic rings. The zero-order valence-electron chi connectivity index (χ0n) is 10.8. The molecule has 0 saturated heterocycles. The third-order valence-corrected chi connectivity index (χ3v) is 4.38. The Hall–Kier alpha value is -0.530. The average Bonchev–Trinajstić information content (AvgIpc) is 2.39. The van der Waals surface area contributed by atoms with E-state index < -0.39 is 0 Å². The predicted octanol–water partition coefficient (Wildman–Crippen LogP) is 3.67. The Kier molecular flexibility index (Phi) is 7.61. The van der Waals surface area contributed by atoms with Crippen LogP contribution in [0.3, 0.4) is 0 Å². The standard InChI is InChI=1S/C13H14Cl2INO3/c1-2-20-11(18)4-3-5-17-13(19)9-6-8(14)7-10(15)12(9)16/h6-7H,2-5H2,1H3,(H,17,19). The molecule has 0 radical (unpaired) electrons. The fraction of sp³-hybridized carbons (Fsp3) is 0.385. The van der Waals surface area contributed by atoms with Crippen molar-refractivity contribution in [1.82, 2.24) is 5.32 Å². The number of rotatable bonds is 6. The van der Waals surface area contributed by atoms with Crippen LogP contribution >= 0.6 is 45.8 Å². The number of halogens is 3. The molecule has 0 aromatic heterocycles. The van der Waals surface area contributed by atoms with Gasteiger partial charge in [-0.25, -0.2) is 0 Å². The minimum absolute atomic E-state index is 0.261. The lowest BCUT2D eigenvalue weighted by molar-refractivity contribution is -0.143. The number of ether oxygens (including phenoxy) is 1. The van der Waals surface area contributed by atoms with Crippen molar-refractivity contribution in [3.8, 4) is 0 Å². The van der Waals surface area contributed by atoms with E-state index in [0.717, 1.165) is 0 Å². The van der Waals surface area contributed by atoms with Crippen molar-refractivity contribution >= 4 is 57.7 Å². The van der Waals surface area contributed by atoms with E-state index in [1.54, 1.807) is 19.1 Å². The number of hydrogen-bond donors (Lipinski definition) is 1. The smallest absolute Gasteiger partial charge is 0.305 e. The van der Waals surface area contributed by atoms with Crippen LogP contribution in [0.15, 0.2) is 12.1 Å². The zero-order chi connectivity index (χ0) is 15.1. The largest absolute Gasteiger partial charge is 0.466 e. The molecule has 4 nitrogen and oxygen atoms in total. The maximum absolute atomic E-state index is 12.0. The Labute approximate surface area is 141 Å². The number of esters is 1. The third kappa shape index (κ3) is 5.46. The number of amides is 1. The minimum atomic E-state index is -0.262. The van der Waals surface area contributed by atoms with Crippen LogP contribution in [0.25, 0.3) is 0 Å². The fourth-order valence-corrected chi connectivity index (χ4v) is 2.53. The fourth-order valence-electron chi connectivity index (χ4n) is 1.48. The molecule has 1 amide bonds. The number of carbonyl (C=O) groups excluding carboxylic acids is 2. The second-order valence-corrected chi connectivity index (χ2v) is 5.84. The van der Waals surface area contributed by atoms with E-state index in [1.165, 1.54) is 0 Å². The molecule has 20 heavy (non-hydrogen) atoms. The van der Waals surface area contributed by atoms with Gasteiger partial charge in [0, 0.05) is 21.6 Å². The summed E-state index contributed by atoms with van der Waals surface area (Å²) in [4.78, 5) is 23.1. The first-order valence-electron chi connectivity index (χ1n) is 6.04. The highest BCUT2D eigenvalue weighted by Crippen LogP contribution is 2.26. The molecule has 0 bridgehead atoms. The van der Waals surface area contributed by atoms with Crippen molar-refractivity contribution in [3.63, 3.8) is 0 Å². The first-order valence-corrected chi connectivity index (χ1v) is 7.87. The molecule has 0 heterocycles. The van der Waals surface area contributed by atoms with Crippen LogP contribution < -0.4 is 5.32 Å². The summed E-state index contributed by atoms with van der Waals surface area (Å²) in [6.45, 7) is 2.51. The molecule has 1 N–H and O–H groups in total. The second-order valence-electron chi connectivity index (χ2n) is 3.91. The summed E-state index contributed by atoms with van der Waals surface area (Å²) in [6.07, 6.45) is 0.803. The lowest BCUT2D eigenvalue weighted by atomic mass is 10.2. The summed E-state index contributed by atoms with van der Waals surface area (Å²) in [7, 11) is 0. The molecule has 0 aliphatic carbocycles. The Bertz CT molecular complexity index is 509. The Morgan fingerprint density at radius 3 is 2.70 bits per heavy atom. The summed E-state index contributed by atoms with van der Waals surface area (Å²) in [5, 5.41) is 3.57. The average molecular weight is 430 g/mol. The number of hydrogen-bond acceptors (Lipinski definition) is 3. The molecule has 0 fully saturated rings. The van der Waals surface area contributed by atoms with E-state index in [2.05, 4.69) is 5.32 Å². The van der Waals surface area contributed by atoms with Crippen molar-refractivity contribution in [1.29, 1.82) is 0 Å². The SMILES string of the molecule is CCOC(=O)CCCNC(=O)c1cc(Cl)cc(Cl)c1I. The highest BCUT2D eigenvalue weighted by atomic mass is 127. The van der Waals surface area contributed by atoms with Crippen LogP contribution in [0.2, 0.25) is 10.0 Å². The van der Waals surface area contributed by atoms with Gasteiger partial charge in [0.2, 0.25) is 0 Å². The Morgan fingerprint density at radius 1 is 1.35 bits per heavy atom. The van der Waals surface area contributed by atoms with E-state index in [9.17, 15) is 9.59 Å². The van der Waals surface area contributed by atoms with Gasteiger partial charge in [-0.15, -0.1) is 0 Å². The quantitative estimate of drug-likeness (QED) is 0.325. The second kappa shape index (κ2) is 8.69. The molecule has 110 valence electrons. The van der Waals surface area contributed by atoms with Crippen molar-refractivity contribution in [3.05, 3.63) is 31.3 Å². The van der Waals surface area contributed by atoms with Gasteiger partial charge in [-0.3, -0.25) is 9.59 Å². The molecule has 1 aromatic carbocycles. The van der Waals surface area contributed by atoms with Crippen LogP contribution in [0.5, 0.6) is 0 Å². The minimum Gasteiger partial charge on any atom is -0.466 e. The molecule has 7 heteroatoms. The van der Waals surface area contributed by atoms with Crippen LogP contribution in [-0.4, -0.2) is 25.0 Å². The normalized spacial score (nSPS) is 10.2. The van der Waals surface area contributed by atoms with Gasteiger partial charge in [0.15, 0.2) is 0 Å². The number of carbonyl (C=O) groups is 2. The molecule has 0 atom stereocenters. The van der Waals surface area contributed by atoms with Crippen molar-refractivity contribution in [2.45, 2.75) is 19.8 Å². The van der Waals surface area contributed by atoms with Gasteiger partial charge in [0.1, 0.15) is 0 Å². The van der Waals surface area contributed by atoms with Gasteiger partial charge >= 0.3 is 5.97 Å². The first-order chi connectivity index (χ1) is 9.45. The van der Waals surface area contributed by atoms with Crippen LogP contribution in [-0.2, 0) is 9.53 Å². The number of nitrogens with one attached hydrogen (secondary N) is 1. The summed E-state index contributed by atoms with van der Waals surface area (Å²) in [5.74, 6) is -0.523. The highest BCUT2D eigenvalue weighted by molar-refractivity contribution is 14.1. The van der Waals surface area contributed by atoms with Gasteiger partial charge in [0.05, 0.1) is 17.2 Å². The summed E-state index contributed by atoms with van der Waals surface area (Å²) < 4.78 is 5.45. The van der Waals surface area contributed by atoms with Crippen molar-refractivity contribution in [2.24, 2.45) is 0 Å². The third-order valence-electron chi connectivity index (χ3n) is 2.39. The van der Waals surface area contributed by atoms with E-state index in [0.29, 0.717) is 38.8 Å². The van der Waals surface area contributed by atoms with Gasteiger partial charge in [-0.2, -0.15) is 0 Å². The van der Waals surface area contributed by atoms with Gasteiger partial charge in [-0.05, 0) is 48.1 Å². The van der Waals surface area contributed by atoms with E-state index in [4.69, 9.17) is 27.9 Å². The molecule has 1 rings (SSSR count). The molecular weight excluding hydrogens is 416 g/mol. The molecular formula is C13H14Cl2INO3. The topological polar surface area (TPSA) is 55.4 Å². The summed E-state index contributed by atoms with van der Waals surface area (Å²) >= 11 is 13.8. The zero-order valence-corrected chi connectivity index (χ0v) is 14.5. The maximum Gasteiger partial charge on any atom is 0.305 e.